The van der Waals surface area contributed by atoms with E-state index in [1.54, 1.807) is 0 Å². The van der Waals surface area contributed by atoms with Gasteiger partial charge in [-0.15, -0.1) is 0 Å². The Morgan fingerprint density at radius 2 is 1.95 bits per heavy atom. The van der Waals surface area contributed by atoms with Crippen molar-refractivity contribution in [3.8, 4) is 0 Å². The highest BCUT2D eigenvalue weighted by Crippen LogP contribution is 2.21. The summed E-state index contributed by atoms with van der Waals surface area (Å²) in [6, 6.07) is 16.1. The molecule has 0 aliphatic heterocycles. The van der Waals surface area contributed by atoms with E-state index in [1.165, 1.54) is 5.56 Å². The summed E-state index contributed by atoms with van der Waals surface area (Å²) >= 11 is 3.48. The van der Waals surface area contributed by atoms with Gasteiger partial charge in [0.25, 0.3) is 0 Å². The summed E-state index contributed by atoms with van der Waals surface area (Å²) in [5, 5.41) is 1.01. The number of benzene rings is 2. The van der Waals surface area contributed by atoms with E-state index in [1.807, 2.05) is 42.6 Å². The van der Waals surface area contributed by atoms with Gasteiger partial charge in [-0.05, 0) is 29.8 Å². The molecule has 0 spiro atoms. The van der Waals surface area contributed by atoms with E-state index in [9.17, 15) is 4.79 Å². The van der Waals surface area contributed by atoms with Gasteiger partial charge in [0.2, 0.25) is 0 Å². The van der Waals surface area contributed by atoms with Crippen LogP contribution in [0.3, 0.4) is 0 Å². The van der Waals surface area contributed by atoms with Gasteiger partial charge in [-0.25, -0.2) is 0 Å². The fourth-order valence-electron chi connectivity index (χ4n) is 2.32. The van der Waals surface area contributed by atoms with Crippen molar-refractivity contribution in [3.05, 3.63) is 70.3 Å². The molecule has 0 aliphatic rings. The number of aldehydes is 1. The Balaban J connectivity index is 2.04. The number of fused-ring (bicyclic) bond motifs is 1. The molecular weight excluding hydrogens is 302 g/mol. The number of carbonyl (C=O) groups excluding carboxylic acids is 1. The summed E-state index contributed by atoms with van der Waals surface area (Å²) in [6.45, 7) is 0.797. The molecule has 94 valence electrons. The largest absolute Gasteiger partial charge is 0.343 e. The second-order valence-corrected chi connectivity index (χ2v) is 5.39. The van der Waals surface area contributed by atoms with Crippen molar-refractivity contribution in [2.45, 2.75) is 6.54 Å². The normalized spacial score (nSPS) is 10.8. The van der Waals surface area contributed by atoms with Crippen LogP contribution in [-0.4, -0.2) is 10.9 Å². The number of rotatable bonds is 3. The first kappa shape index (κ1) is 12.2. The number of hydrogen-bond acceptors (Lipinski definition) is 1. The SMILES string of the molecule is O=Cc1cccc2c1ccn2Cc1cccc(Br)c1. The van der Waals surface area contributed by atoms with Crippen molar-refractivity contribution in [2.75, 3.05) is 0 Å². The molecule has 0 amide bonds. The van der Waals surface area contributed by atoms with Crippen molar-refractivity contribution in [1.29, 1.82) is 0 Å². The maximum atomic E-state index is 11.0. The van der Waals surface area contributed by atoms with Crippen molar-refractivity contribution < 1.29 is 4.79 Å². The van der Waals surface area contributed by atoms with Crippen LogP contribution in [0.25, 0.3) is 10.9 Å². The smallest absolute Gasteiger partial charge is 0.150 e. The second-order valence-electron chi connectivity index (χ2n) is 4.47. The fraction of sp³-hybridized carbons (Fsp3) is 0.0625. The summed E-state index contributed by atoms with van der Waals surface area (Å²) < 4.78 is 3.24. The van der Waals surface area contributed by atoms with Crippen LogP contribution < -0.4 is 0 Å². The third-order valence-corrected chi connectivity index (χ3v) is 3.71. The average Bonchev–Trinajstić information content (AvgIpc) is 2.82. The quantitative estimate of drug-likeness (QED) is 0.662. The van der Waals surface area contributed by atoms with E-state index in [2.05, 4.69) is 32.6 Å². The van der Waals surface area contributed by atoms with Crippen LogP contribution in [0.15, 0.2) is 59.2 Å². The van der Waals surface area contributed by atoms with Gasteiger partial charge in [0.05, 0.1) is 0 Å². The topological polar surface area (TPSA) is 22.0 Å². The van der Waals surface area contributed by atoms with Crippen LogP contribution in [0.1, 0.15) is 15.9 Å². The predicted molar refractivity (Wildman–Crippen MR) is 80.6 cm³/mol. The van der Waals surface area contributed by atoms with Crippen LogP contribution in [0.5, 0.6) is 0 Å². The molecule has 0 bridgehead atoms. The third-order valence-electron chi connectivity index (χ3n) is 3.22. The molecule has 0 saturated carbocycles. The molecule has 0 atom stereocenters. The maximum absolute atomic E-state index is 11.0. The minimum Gasteiger partial charge on any atom is -0.343 e. The molecule has 3 rings (SSSR count). The molecule has 2 aromatic carbocycles. The molecule has 1 aromatic heterocycles. The van der Waals surface area contributed by atoms with E-state index in [0.29, 0.717) is 0 Å². The van der Waals surface area contributed by atoms with E-state index < -0.39 is 0 Å². The van der Waals surface area contributed by atoms with Gasteiger partial charge in [-0.3, -0.25) is 4.79 Å². The Bertz CT molecular complexity index is 745. The summed E-state index contributed by atoms with van der Waals surface area (Å²) in [5.41, 5.74) is 3.05. The molecule has 0 fully saturated rings. The minimum absolute atomic E-state index is 0.741. The monoisotopic (exact) mass is 313 g/mol. The van der Waals surface area contributed by atoms with Crippen LogP contribution in [-0.2, 0) is 6.54 Å². The van der Waals surface area contributed by atoms with Crippen molar-refractivity contribution in [1.82, 2.24) is 4.57 Å². The van der Waals surface area contributed by atoms with E-state index in [0.717, 1.165) is 33.8 Å². The lowest BCUT2D eigenvalue weighted by molar-refractivity contribution is 0.112. The zero-order valence-electron chi connectivity index (χ0n) is 10.2. The van der Waals surface area contributed by atoms with Gasteiger partial charge in [0.1, 0.15) is 0 Å². The molecule has 3 aromatic rings. The summed E-state index contributed by atoms with van der Waals surface area (Å²) in [5.74, 6) is 0. The maximum Gasteiger partial charge on any atom is 0.150 e. The first-order chi connectivity index (χ1) is 9.28. The lowest BCUT2D eigenvalue weighted by atomic mass is 10.1. The zero-order chi connectivity index (χ0) is 13.2. The lowest BCUT2D eigenvalue weighted by Crippen LogP contribution is -1.97. The minimum atomic E-state index is 0.741. The number of halogens is 1. The number of aromatic nitrogens is 1. The average molecular weight is 314 g/mol. The number of hydrogen-bond donors (Lipinski definition) is 0. The molecule has 19 heavy (non-hydrogen) atoms. The Hall–Kier alpha value is -1.87. The first-order valence-corrected chi connectivity index (χ1v) is 6.85. The molecule has 1 heterocycles. The molecule has 3 heteroatoms. The van der Waals surface area contributed by atoms with Crippen molar-refractivity contribution >= 4 is 33.1 Å². The number of nitrogens with zero attached hydrogens (tertiary/aromatic N) is 1. The molecule has 2 nitrogen and oxygen atoms in total. The van der Waals surface area contributed by atoms with Gasteiger partial charge in [0, 0.05) is 33.7 Å². The highest BCUT2D eigenvalue weighted by atomic mass is 79.9. The fourth-order valence-corrected chi connectivity index (χ4v) is 2.77. The van der Waals surface area contributed by atoms with Crippen LogP contribution in [0.4, 0.5) is 0 Å². The highest BCUT2D eigenvalue weighted by Gasteiger charge is 2.05. The predicted octanol–water partition coefficient (Wildman–Crippen LogP) is 4.26. The summed E-state index contributed by atoms with van der Waals surface area (Å²) in [7, 11) is 0. The highest BCUT2D eigenvalue weighted by molar-refractivity contribution is 9.10. The molecule has 0 aliphatic carbocycles. The van der Waals surface area contributed by atoms with E-state index in [4.69, 9.17) is 0 Å². The molecule has 0 saturated heterocycles. The first-order valence-electron chi connectivity index (χ1n) is 6.05. The molecular formula is C16H12BrNO. The van der Waals surface area contributed by atoms with Crippen LogP contribution in [0.2, 0.25) is 0 Å². The van der Waals surface area contributed by atoms with Crippen molar-refractivity contribution in [2.24, 2.45) is 0 Å². The van der Waals surface area contributed by atoms with Crippen molar-refractivity contribution in [3.63, 3.8) is 0 Å². The molecule has 0 radical (unpaired) electrons. The Morgan fingerprint density at radius 1 is 1.11 bits per heavy atom. The van der Waals surface area contributed by atoms with Gasteiger partial charge < -0.3 is 4.57 Å². The number of carbonyl (C=O) groups is 1. The Kier molecular flexibility index (Phi) is 3.22. The summed E-state index contributed by atoms with van der Waals surface area (Å²) in [6.07, 6.45) is 2.93. The van der Waals surface area contributed by atoms with Gasteiger partial charge >= 0.3 is 0 Å². The van der Waals surface area contributed by atoms with Gasteiger partial charge in [-0.1, -0.05) is 40.2 Å². The molecule has 0 N–H and O–H groups in total. The third kappa shape index (κ3) is 2.34. The van der Waals surface area contributed by atoms with Gasteiger partial charge in [-0.2, -0.15) is 0 Å². The molecule has 0 unspecified atom stereocenters. The standard InChI is InChI=1S/C16H12BrNO/c17-14-5-1-3-12(9-14)10-18-8-7-15-13(11-19)4-2-6-16(15)18/h1-9,11H,10H2. The Labute approximate surface area is 119 Å². The van der Waals surface area contributed by atoms with E-state index in [-0.39, 0.29) is 0 Å². The van der Waals surface area contributed by atoms with Crippen LogP contribution >= 0.6 is 15.9 Å². The van der Waals surface area contributed by atoms with Crippen LogP contribution in [0, 0.1) is 0 Å². The zero-order valence-corrected chi connectivity index (χ0v) is 11.8. The van der Waals surface area contributed by atoms with E-state index >= 15 is 0 Å². The summed E-state index contributed by atoms with van der Waals surface area (Å²) in [4.78, 5) is 11.0. The Morgan fingerprint density at radius 3 is 2.74 bits per heavy atom. The second kappa shape index (κ2) is 5.02. The lowest BCUT2D eigenvalue weighted by Gasteiger charge is -2.06. The van der Waals surface area contributed by atoms with Gasteiger partial charge in [0.15, 0.2) is 6.29 Å².